The first-order chi connectivity index (χ1) is 9.61. The van der Waals surface area contributed by atoms with E-state index in [4.69, 9.17) is 11.6 Å². The van der Waals surface area contributed by atoms with Crippen LogP contribution in [0.15, 0.2) is 46.9 Å². The number of benzene rings is 2. The molecule has 0 unspecified atom stereocenters. The molecule has 0 amide bonds. The van der Waals surface area contributed by atoms with Crippen LogP contribution in [-0.4, -0.2) is 13.1 Å². The molecular formula is C15H13BrClNO2. The van der Waals surface area contributed by atoms with E-state index >= 15 is 0 Å². The highest BCUT2D eigenvalue weighted by atomic mass is 79.9. The molecule has 0 aliphatic rings. The summed E-state index contributed by atoms with van der Waals surface area (Å²) in [4.78, 5) is 11.3. The lowest BCUT2D eigenvalue weighted by Gasteiger charge is -2.10. The third-order valence-corrected chi connectivity index (χ3v) is 4.21. The van der Waals surface area contributed by atoms with Crippen LogP contribution in [0.25, 0.3) is 0 Å². The van der Waals surface area contributed by atoms with Gasteiger partial charge in [0.1, 0.15) is 0 Å². The zero-order valence-corrected chi connectivity index (χ0v) is 13.2. The lowest BCUT2D eigenvalue weighted by molar-refractivity contribution is 0.0600. The molecular weight excluding hydrogens is 342 g/mol. The van der Waals surface area contributed by atoms with Crippen molar-refractivity contribution < 1.29 is 9.53 Å². The Morgan fingerprint density at radius 2 is 1.95 bits per heavy atom. The van der Waals surface area contributed by atoms with Gasteiger partial charge in [-0.3, -0.25) is 0 Å². The SMILES string of the molecule is COC(=O)c1ccc(CNc2cccc(Cl)c2Br)cc1. The van der Waals surface area contributed by atoms with Gasteiger partial charge in [0.25, 0.3) is 0 Å². The second kappa shape index (κ2) is 6.77. The van der Waals surface area contributed by atoms with Gasteiger partial charge in [0.2, 0.25) is 0 Å². The van der Waals surface area contributed by atoms with Crippen molar-refractivity contribution in [2.75, 3.05) is 12.4 Å². The minimum atomic E-state index is -0.331. The topological polar surface area (TPSA) is 38.3 Å². The summed E-state index contributed by atoms with van der Waals surface area (Å²) in [6.45, 7) is 0.639. The summed E-state index contributed by atoms with van der Waals surface area (Å²) in [5.74, 6) is -0.331. The van der Waals surface area contributed by atoms with Gasteiger partial charge < -0.3 is 10.1 Å². The molecule has 0 atom stereocenters. The molecule has 0 fully saturated rings. The Balaban J connectivity index is 2.04. The van der Waals surface area contributed by atoms with Crippen LogP contribution in [0.3, 0.4) is 0 Å². The molecule has 0 aliphatic heterocycles. The highest BCUT2D eigenvalue weighted by Crippen LogP contribution is 2.30. The molecule has 0 bridgehead atoms. The quantitative estimate of drug-likeness (QED) is 0.822. The Kier molecular flexibility index (Phi) is 5.04. The lowest BCUT2D eigenvalue weighted by Crippen LogP contribution is -2.03. The number of halogens is 2. The van der Waals surface area contributed by atoms with Crippen LogP contribution in [0.5, 0.6) is 0 Å². The highest BCUT2D eigenvalue weighted by Gasteiger charge is 2.05. The highest BCUT2D eigenvalue weighted by molar-refractivity contribution is 9.10. The second-order valence-electron chi connectivity index (χ2n) is 4.14. The average molecular weight is 355 g/mol. The predicted octanol–water partition coefficient (Wildman–Crippen LogP) is 4.50. The maximum atomic E-state index is 11.3. The molecule has 0 aliphatic carbocycles. The van der Waals surface area contributed by atoms with Gasteiger partial charge >= 0.3 is 5.97 Å². The Morgan fingerprint density at radius 3 is 2.60 bits per heavy atom. The normalized spacial score (nSPS) is 10.2. The van der Waals surface area contributed by atoms with E-state index in [1.54, 1.807) is 12.1 Å². The summed E-state index contributed by atoms with van der Waals surface area (Å²) in [5.41, 5.74) is 2.53. The van der Waals surface area contributed by atoms with Crippen molar-refractivity contribution in [2.45, 2.75) is 6.54 Å². The number of carbonyl (C=O) groups is 1. The van der Waals surface area contributed by atoms with E-state index in [2.05, 4.69) is 26.0 Å². The van der Waals surface area contributed by atoms with E-state index in [9.17, 15) is 4.79 Å². The van der Waals surface area contributed by atoms with E-state index in [0.717, 1.165) is 15.7 Å². The molecule has 0 radical (unpaired) electrons. The fourth-order valence-electron chi connectivity index (χ4n) is 1.71. The molecule has 20 heavy (non-hydrogen) atoms. The summed E-state index contributed by atoms with van der Waals surface area (Å²) >= 11 is 9.47. The summed E-state index contributed by atoms with van der Waals surface area (Å²) in [7, 11) is 1.37. The number of hydrogen-bond donors (Lipinski definition) is 1. The molecule has 0 spiro atoms. The molecule has 2 aromatic carbocycles. The van der Waals surface area contributed by atoms with Crippen molar-refractivity contribution in [3.8, 4) is 0 Å². The number of hydrogen-bond acceptors (Lipinski definition) is 3. The standard InChI is InChI=1S/C15H13BrClNO2/c1-20-15(19)11-7-5-10(6-8-11)9-18-13-4-2-3-12(17)14(13)16/h2-8,18H,9H2,1H3. The van der Waals surface area contributed by atoms with Crippen molar-refractivity contribution in [1.29, 1.82) is 0 Å². The van der Waals surface area contributed by atoms with E-state index in [0.29, 0.717) is 17.1 Å². The zero-order valence-electron chi connectivity index (χ0n) is 10.8. The van der Waals surface area contributed by atoms with Gasteiger partial charge in [0, 0.05) is 6.54 Å². The maximum absolute atomic E-state index is 11.3. The summed E-state index contributed by atoms with van der Waals surface area (Å²) in [6.07, 6.45) is 0. The van der Waals surface area contributed by atoms with Crippen molar-refractivity contribution in [3.63, 3.8) is 0 Å². The number of ether oxygens (including phenoxy) is 1. The van der Waals surface area contributed by atoms with Crippen LogP contribution >= 0.6 is 27.5 Å². The summed E-state index contributed by atoms with van der Waals surface area (Å²) in [5, 5.41) is 3.95. The smallest absolute Gasteiger partial charge is 0.337 e. The van der Waals surface area contributed by atoms with Crippen molar-refractivity contribution in [1.82, 2.24) is 0 Å². The van der Waals surface area contributed by atoms with Crippen molar-refractivity contribution >= 4 is 39.2 Å². The first kappa shape index (κ1) is 14.9. The molecule has 0 saturated heterocycles. The number of esters is 1. The fourth-order valence-corrected chi connectivity index (χ4v) is 2.29. The molecule has 0 aromatic heterocycles. The molecule has 0 heterocycles. The Bertz CT molecular complexity index is 614. The average Bonchev–Trinajstić information content (AvgIpc) is 2.48. The van der Waals surface area contributed by atoms with Crippen LogP contribution in [-0.2, 0) is 11.3 Å². The van der Waals surface area contributed by atoms with Gasteiger partial charge in [0.15, 0.2) is 0 Å². The van der Waals surface area contributed by atoms with Gasteiger partial charge in [-0.1, -0.05) is 29.8 Å². The Hall–Kier alpha value is -1.52. The summed E-state index contributed by atoms with van der Waals surface area (Å²) < 4.78 is 5.50. The minimum absolute atomic E-state index is 0.331. The molecule has 1 N–H and O–H groups in total. The Morgan fingerprint density at radius 1 is 1.25 bits per heavy atom. The largest absolute Gasteiger partial charge is 0.465 e. The van der Waals surface area contributed by atoms with Crippen LogP contribution in [0.2, 0.25) is 5.02 Å². The third-order valence-electron chi connectivity index (χ3n) is 2.81. The fraction of sp³-hybridized carbons (Fsp3) is 0.133. The zero-order chi connectivity index (χ0) is 14.5. The van der Waals surface area contributed by atoms with E-state index in [1.165, 1.54) is 7.11 Å². The van der Waals surface area contributed by atoms with E-state index < -0.39 is 0 Å². The van der Waals surface area contributed by atoms with Gasteiger partial charge in [-0.25, -0.2) is 4.79 Å². The van der Waals surface area contributed by atoms with E-state index in [1.807, 2.05) is 30.3 Å². The first-order valence-corrected chi connectivity index (χ1v) is 7.14. The summed E-state index contributed by atoms with van der Waals surface area (Å²) in [6, 6.07) is 12.9. The lowest BCUT2D eigenvalue weighted by atomic mass is 10.1. The van der Waals surface area contributed by atoms with Crippen LogP contribution in [0.1, 0.15) is 15.9 Å². The predicted molar refractivity (Wildman–Crippen MR) is 84.3 cm³/mol. The molecule has 0 saturated carbocycles. The number of nitrogens with one attached hydrogen (secondary N) is 1. The third kappa shape index (κ3) is 3.52. The molecule has 5 heteroatoms. The minimum Gasteiger partial charge on any atom is -0.465 e. The number of methoxy groups -OCH3 is 1. The number of carbonyl (C=O) groups excluding carboxylic acids is 1. The van der Waals surface area contributed by atoms with Crippen molar-refractivity contribution in [2.24, 2.45) is 0 Å². The van der Waals surface area contributed by atoms with Crippen molar-refractivity contribution in [3.05, 3.63) is 63.1 Å². The molecule has 104 valence electrons. The first-order valence-electron chi connectivity index (χ1n) is 5.97. The number of anilines is 1. The van der Waals surface area contributed by atoms with Gasteiger partial charge in [-0.15, -0.1) is 0 Å². The van der Waals surface area contributed by atoms with Crippen LogP contribution < -0.4 is 5.32 Å². The second-order valence-corrected chi connectivity index (χ2v) is 5.34. The van der Waals surface area contributed by atoms with Gasteiger partial charge in [-0.05, 0) is 45.8 Å². The molecule has 2 rings (SSSR count). The monoisotopic (exact) mass is 353 g/mol. The molecule has 2 aromatic rings. The number of rotatable bonds is 4. The van der Waals surface area contributed by atoms with Crippen LogP contribution in [0, 0.1) is 0 Å². The van der Waals surface area contributed by atoms with Gasteiger partial charge in [0.05, 0.1) is 27.9 Å². The maximum Gasteiger partial charge on any atom is 0.337 e. The van der Waals surface area contributed by atoms with Gasteiger partial charge in [-0.2, -0.15) is 0 Å². The van der Waals surface area contributed by atoms with Crippen LogP contribution in [0.4, 0.5) is 5.69 Å². The molecule has 3 nitrogen and oxygen atoms in total. The van der Waals surface area contributed by atoms with E-state index in [-0.39, 0.29) is 5.97 Å². The Labute approximate surface area is 131 Å².